The van der Waals surface area contributed by atoms with E-state index in [0.717, 1.165) is 37.7 Å². The molecule has 2 aromatic carbocycles. The minimum Gasteiger partial charge on any atom is -0.548 e. The molecule has 0 aliphatic carbocycles. The fourth-order valence-corrected chi connectivity index (χ4v) is 4.45. The quantitative estimate of drug-likeness (QED) is 0.422. The van der Waals surface area contributed by atoms with E-state index in [1.807, 2.05) is 12.1 Å². The zero-order chi connectivity index (χ0) is 22.7. The molecular formula is C25H25F2N2NaO3. The Kier molecular flexibility index (Phi) is 8.82. The second kappa shape index (κ2) is 11.4. The molecule has 1 saturated heterocycles. The van der Waals surface area contributed by atoms with Crippen molar-refractivity contribution in [3.05, 3.63) is 81.1 Å². The Balaban J connectivity index is 0.00000306. The number of aromatic nitrogens is 1. The van der Waals surface area contributed by atoms with Gasteiger partial charge in [-0.2, -0.15) is 0 Å². The van der Waals surface area contributed by atoms with Crippen LogP contribution in [-0.4, -0.2) is 35.1 Å². The van der Waals surface area contributed by atoms with Gasteiger partial charge in [0.1, 0.15) is 0 Å². The van der Waals surface area contributed by atoms with Gasteiger partial charge in [0.25, 0.3) is 0 Å². The number of carboxylic acids is 1. The van der Waals surface area contributed by atoms with E-state index in [1.54, 1.807) is 10.6 Å². The molecule has 5 nitrogen and oxygen atoms in total. The van der Waals surface area contributed by atoms with Crippen molar-refractivity contribution in [2.75, 3.05) is 19.6 Å². The van der Waals surface area contributed by atoms with Crippen LogP contribution in [-0.2, 0) is 30.6 Å². The average Bonchev–Trinajstić information content (AvgIpc) is 3.29. The molecule has 0 spiro atoms. The third-order valence-electron chi connectivity index (χ3n) is 6.15. The van der Waals surface area contributed by atoms with Crippen molar-refractivity contribution in [1.29, 1.82) is 0 Å². The van der Waals surface area contributed by atoms with E-state index in [0.29, 0.717) is 16.6 Å². The predicted molar refractivity (Wildman–Crippen MR) is 116 cm³/mol. The number of carbonyl (C=O) groups excluding carboxylic acids is 1. The van der Waals surface area contributed by atoms with Gasteiger partial charge in [-0.25, -0.2) is 8.78 Å². The Morgan fingerprint density at radius 3 is 2.48 bits per heavy atom. The smallest absolute Gasteiger partial charge is 0.548 e. The van der Waals surface area contributed by atoms with E-state index in [4.69, 9.17) is 0 Å². The van der Waals surface area contributed by atoms with Crippen molar-refractivity contribution in [3.63, 3.8) is 0 Å². The van der Waals surface area contributed by atoms with Gasteiger partial charge in [0.05, 0.1) is 18.0 Å². The first-order chi connectivity index (χ1) is 15.4. The van der Waals surface area contributed by atoms with Crippen LogP contribution in [0, 0.1) is 11.6 Å². The van der Waals surface area contributed by atoms with Crippen LogP contribution in [0.5, 0.6) is 0 Å². The van der Waals surface area contributed by atoms with Crippen molar-refractivity contribution in [1.82, 2.24) is 9.47 Å². The maximum absolute atomic E-state index is 14.1. The predicted octanol–water partition coefficient (Wildman–Crippen LogP) is -0.543. The van der Waals surface area contributed by atoms with Crippen LogP contribution in [0.15, 0.2) is 47.3 Å². The van der Waals surface area contributed by atoms with E-state index in [1.165, 1.54) is 31.0 Å². The SMILES string of the molecule is O=C([O-])Cn1c(CCc2cccc(F)c2F)cc(=O)c2ccc(CCN3CCCC3)cc21.[Na+]. The van der Waals surface area contributed by atoms with E-state index in [2.05, 4.69) is 4.90 Å². The van der Waals surface area contributed by atoms with E-state index in [9.17, 15) is 23.5 Å². The molecule has 0 bridgehead atoms. The normalized spacial score (nSPS) is 13.9. The average molecular weight is 462 g/mol. The molecule has 1 aromatic heterocycles. The molecular weight excluding hydrogens is 437 g/mol. The van der Waals surface area contributed by atoms with Gasteiger partial charge in [0.15, 0.2) is 17.1 Å². The molecule has 1 aliphatic heterocycles. The fourth-order valence-electron chi connectivity index (χ4n) is 4.45. The minimum absolute atomic E-state index is 0. The molecule has 1 fully saturated rings. The molecule has 3 aromatic rings. The number of carboxylic acid groups (broad SMARTS) is 1. The molecule has 0 saturated carbocycles. The Hall–Kier alpha value is -2.06. The fraction of sp³-hybridized carbons (Fsp3) is 0.360. The number of hydrogen-bond donors (Lipinski definition) is 0. The van der Waals surface area contributed by atoms with Gasteiger partial charge in [-0.05, 0) is 74.5 Å². The van der Waals surface area contributed by atoms with Gasteiger partial charge in [-0.3, -0.25) is 4.79 Å². The van der Waals surface area contributed by atoms with Gasteiger partial charge < -0.3 is 19.4 Å². The number of aliphatic carboxylic acids is 1. The zero-order valence-corrected chi connectivity index (χ0v) is 20.8. The molecule has 1 aliphatic rings. The van der Waals surface area contributed by atoms with Crippen LogP contribution in [0.4, 0.5) is 8.78 Å². The summed E-state index contributed by atoms with van der Waals surface area (Å²) in [4.78, 5) is 26.6. The summed E-state index contributed by atoms with van der Waals surface area (Å²) in [7, 11) is 0. The Bertz CT molecular complexity index is 1210. The number of nitrogens with zero attached hydrogens (tertiary/aromatic N) is 2. The molecule has 2 heterocycles. The van der Waals surface area contributed by atoms with Crippen molar-refractivity contribution >= 4 is 16.9 Å². The number of pyridine rings is 1. The first kappa shape index (κ1) is 25.6. The van der Waals surface area contributed by atoms with Gasteiger partial charge in [-0.1, -0.05) is 18.2 Å². The molecule has 4 rings (SSSR count). The summed E-state index contributed by atoms with van der Waals surface area (Å²) in [6.45, 7) is 2.66. The third-order valence-corrected chi connectivity index (χ3v) is 6.15. The summed E-state index contributed by atoms with van der Waals surface area (Å²) in [5.41, 5.74) is 1.94. The summed E-state index contributed by atoms with van der Waals surface area (Å²) in [6.07, 6.45) is 3.54. The maximum Gasteiger partial charge on any atom is 1.00 e. The van der Waals surface area contributed by atoms with E-state index in [-0.39, 0.29) is 53.4 Å². The van der Waals surface area contributed by atoms with Crippen molar-refractivity contribution in [2.24, 2.45) is 0 Å². The summed E-state index contributed by atoms with van der Waals surface area (Å²) in [5, 5.41) is 11.9. The molecule has 0 unspecified atom stereocenters. The zero-order valence-electron chi connectivity index (χ0n) is 18.8. The second-order valence-electron chi connectivity index (χ2n) is 8.32. The summed E-state index contributed by atoms with van der Waals surface area (Å²) < 4.78 is 29.1. The third kappa shape index (κ3) is 6.09. The van der Waals surface area contributed by atoms with Crippen molar-refractivity contribution in [2.45, 2.75) is 38.6 Å². The number of likely N-dealkylation sites (tertiary alicyclic amines) is 1. The van der Waals surface area contributed by atoms with Gasteiger partial charge in [-0.15, -0.1) is 0 Å². The van der Waals surface area contributed by atoms with E-state index < -0.39 is 24.1 Å². The van der Waals surface area contributed by atoms with Crippen LogP contribution < -0.4 is 40.1 Å². The number of rotatable bonds is 8. The summed E-state index contributed by atoms with van der Waals surface area (Å²) in [5.74, 6) is -3.14. The molecule has 0 amide bonds. The Morgan fingerprint density at radius 2 is 1.76 bits per heavy atom. The molecule has 0 atom stereocenters. The summed E-state index contributed by atoms with van der Waals surface area (Å²) in [6, 6.07) is 10.8. The van der Waals surface area contributed by atoms with Crippen LogP contribution in [0.3, 0.4) is 0 Å². The molecule has 0 radical (unpaired) electrons. The molecule has 168 valence electrons. The van der Waals surface area contributed by atoms with Crippen molar-refractivity contribution < 1.29 is 48.2 Å². The second-order valence-corrected chi connectivity index (χ2v) is 8.32. The van der Waals surface area contributed by atoms with Crippen LogP contribution in [0.1, 0.15) is 29.7 Å². The Morgan fingerprint density at radius 1 is 1.00 bits per heavy atom. The number of fused-ring (bicyclic) bond motifs is 1. The topological polar surface area (TPSA) is 65.4 Å². The van der Waals surface area contributed by atoms with Crippen molar-refractivity contribution in [3.8, 4) is 0 Å². The minimum atomic E-state index is -1.28. The van der Waals surface area contributed by atoms with Crippen LogP contribution in [0.25, 0.3) is 10.9 Å². The van der Waals surface area contributed by atoms with Crippen LogP contribution in [0.2, 0.25) is 0 Å². The Labute approximate surface area is 213 Å². The largest absolute Gasteiger partial charge is 1.00 e. The standard InChI is InChI=1S/C25H26F2N2O3.Na/c26-21-5-3-4-18(25(21)27)7-8-19-15-23(30)20-9-6-17(10-13-28-11-1-2-12-28)14-22(20)29(19)16-24(31)32;/h3-6,9,14-15H,1-2,7-8,10-13,16H2,(H,31,32);/q;+1/p-1. The number of benzene rings is 2. The first-order valence-electron chi connectivity index (χ1n) is 10.9. The number of halogens is 2. The van der Waals surface area contributed by atoms with Crippen LogP contribution >= 0.6 is 0 Å². The van der Waals surface area contributed by atoms with Gasteiger partial charge in [0.2, 0.25) is 0 Å². The molecule has 33 heavy (non-hydrogen) atoms. The van der Waals surface area contributed by atoms with Gasteiger partial charge >= 0.3 is 29.6 Å². The van der Waals surface area contributed by atoms with Gasteiger partial charge in [0, 0.05) is 23.7 Å². The monoisotopic (exact) mass is 462 g/mol. The summed E-state index contributed by atoms with van der Waals surface area (Å²) >= 11 is 0. The number of aryl methyl sites for hydroxylation is 2. The first-order valence-corrected chi connectivity index (χ1v) is 10.9. The maximum atomic E-state index is 14.1. The van der Waals surface area contributed by atoms with E-state index >= 15 is 0 Å². The number of carbonyl (C=O) groups is 1. The molecule has 8 heteroatoms. The number of hydrogen-bond acceptors (Lipinski definition) is 4. The molecule has 0 N–H and O–H groups in total.